The summed E-state index contributed by atoms with van der Waals surface area (Å²) in [4.78, 5) is 7.52. The molecule has 0 saturated heterocycles. The Kier molecular flexibility index (Phi) is 2.27. The van der Waals surface area contributed by atoms with Crippen molar-refractivity contribution in [1.82, 2.24) is 9.97 Å². The predicted octanol–water partition coefficient (Wildman–Crippen LogP) is -0.162. The zero-order valence-corrected chi connectivity index (χ0v) is 9.03. The summed E-state index contributed by atoms with van der Waals surface area (Å²) in [7, 11) is -0.356. The molecule has 0 fully saturated rings. The summed E-state index contributed by atoms with van der Waals surface area (Å²) in [6.07, 6.45) is 2.02. The molecule has 2 aromatic rings. The minimum absolute atomic E-state index is 0.356. The van der Waals surface area contributed by atoms with Crippen LogP contribution in [0.2, 0.25) is 0 Å². The molecule has 0 amide bonds. The molecule has 2 nitrogen and oxygen atoms in total. The fraction of sp³-hybridized carbons (Fsp3) is 0.100. The van der Waals surface area contributed by atoms with E-state index in [4.69, 9.17) is 0 Å². The standard InChI is InChI=1S/C10H12N2Si/c1-8-11-7-10(12-8)13-9-5-3-2-4-6-9/h2-7H,13H2,1H3,(H,11,12). The smallest absolute Gasteiger partial charge is 0.113 e. The monoisotopic (exact) mass is 188 g/mol. The van der Waals surface area contributed by atoms with E-state index < -0.39 is 0 Å². The quantitative estimate of drug-likeness (QED) is 0.652. The van der Waals surface area contributed by atoms with Crippen LogP contribution in [0.15, 0.2) is 36.5 Å². The van der Waals surface area contributed by atoms with Gasteiger partial charge in [-0.05, 0) is 6.92 Å². The number of aromatic nitrogens is 2. The summed E-state index contributed by atoms with van der Waals surface area (Å²) < 4.78 is 0. The molecule has 1 aromatic carbocycles. The molecule has 0 aliphatic heterocycles. The molecular formula is C10H12N2Si. The summed E-state index contributed by atoms with van der Waals surface area (Å²) >= 11 is 0. The fourth-order valence-corrected chi connectivity index (χ4v) is 2.81. The van der Waals surface area contributed by atoms with Gasteiger partial charge in [0, 0.05) is 11.5 Å². The van der Waals surface area contributed by atoms with E-state index in [0.29, 0.717) is 0 Å². The Balaban J connectivity index is 2.15. The number of nitrogens with one attached hydrogen (secondary N) is 1. The lowest BCUT2D eigenvalue weighted by molar-refractivity contribution is 1.16. The third kappa shape index (κ3) is 2.06. The largest absolute Gasteiger partial charge is 0.349 e. The Bertz CT molecular complexity index is 381. The summed E-state index contributed by atoms with van der Waals surface area (Å²) in [6.45, 7) is 1.99. The Morgan fingerprint density at radius 3 is 2.62 bits per heavy atom. The van der Waals surface area contributed by atoms with Crippen LogP contribution in [0.25, 0.3) is 0 Å². The molecule has 0 radical (unpaired) electrons. The number of H-pyrrole nitrogens is 1. The van der Waals surface area contributed by atoms with Gasteiger partial charge in [0.1, 0.15) is 15.3 Å². The molecule has 1 aromatic heterocycles. The van der Waals surface area contributed by atoms with Gasteiger partial charge in [-0.2, -0.15) is 0 Å². The SMILES string of the molecule is Cc1nc([SiH2]c2ccccc2)c[nH]1. The highest BCUT2D eigenvalue weighted by molar-refractivity contribution is 6.66. The number of aryl methyl sites for hydroxylation is 1. The van der Waals surface area contributed by atoms with Gasteiger partial charge in [-0.15, -0.1) is 0 Å². The number of imidazole rings is 1. The van der Waals surface area contributed by atoms with Crippen molar-refractivity contribution in [1.29, 1.82) is 0 Å². The van der Waals surface area contributed by atoms with E-state index in [-0.39, 0.29) is 9.52 Å². The van der Waals surface area contributed by atoms with Crippen molar-refractivity contribution in [3.8, 4) is 0 Å². The minimum atomic E-state index is -0.356. The van der Waals surface area contributed by atoms with E-state index >= 15 is 0 Å². The minimum Gasteiger partial charge on any atom is -0.349 e. The zero-order valence-electron chi connectivity index (χ0n) is 7.62. The van der Waals surface area contributed by atoms with Gasteiger partial charge in [-0.3, -0.25) is 0 Å². The first-order valence-corrected chi connectivity index (χ1v) is 5.81. The molecular weight excluding hydrogens is 176 g/mol. The lowest BCUT2D eigenvalue weighted by Crippen LogP contribution is -2.27. The lowest BCUT2D eigenvalue weighted by Gasteiger charge is -1.94. The van der Waals surface area contributed by atoms with Gasteiger partial charge < -0.3 is 4.98 Å². The second kappa shape index (κ2) is 3.58. The summed E-state index contributed by atoms with van der Waals surface area (Å²) in [5.41, 5.74) is 0. The van der Waals surface area contributed by atoms with Crippen molar-refractivity contribution in [2.45, 2.75) is 6.92 Å². The first-order valence-electron chi connectivity index (χ1n) is 4.39. The van der Waals surface area contributed by atoms with E-state index in [1.54, 1.807) is 0 Å². The maximum absolute atomic E-state index is 4.41. The van der Waals surface area contributed by atoms with Crippen molar-refractivity contribution < 1.29 is 0 Å². The van der Waals surface area contributed by atoms with Crippen LogP contribution < -0.4 is 10.5 Å². The van der Waals surface area contributed by atoms with Crippen molar-refractivity contribution in [3.05, 3.63) is 42.4 Å². The van der Waals surface area contributed by atoms with Crippen molar-refractivity contribution in [2.75, 3.05) is 0 Å². The third-order valence-corrected chi connectivity index (χ3v) is 3.59. The van der Waals surface area contributed by atoms with E-state index in [0.717, 1.165) is 5.82 Å². The van der Waals surface area contributed by atoms with E-state index in [2.05, 4.69) is 34.2 Å². The Morgan fingerprint density at radius 2 is 2.00 bits per heavy atom. The van der Waals surface area contributed by atoms with Crippen LogP contribution in [0.5, 0.6) is 0 Å². The number of benzene rings is 1. The van der Waals surface area contributed by atoms with Gasteiger partial charge in [0.15, 0.2) is 0 Å². The van der Waals surface area contributed by atoms with Gasteiger partial charge in [0.2, 0.25) is 0 Å². The van der Waals surface area contributed by atoms with Gasteiger partial charge in [-0.25, -0.2) is 4.98 Å². The number of aromatic amines is 1. The maximum atomic E-state index is 4.41. The first-order chi connectivity index (χ1) is 6.34. The molecule has 13 heavy (non-hydrogen) atoms. The first kappa shape index (κ1) is 8.25. The Labute approximate surface area is 79.9 Å². The maximum Gasteiger partial charge on any atom is 0.113 e. The molecule has 1 N–H and O–H groups in total. The second-order valence-corrected chi connectivity index (χ2v) is 5.03. The molecule has 0 spiro atoms. The van der Waals surface area contributed by atoms with Crippen molar-refractivity contribution in [3.63, 3.8) is 0 Å². The molecule has 1 heterocycles. The molecule has 3 heteroatoms. The average molecular weight is 188 g/mol. The zero-order chi connectivity index (χ0) is 9.10. The topological polar surface area (TPSA) is 28.7 Å². The summed E-state index contributed by atoms with van der Waals surface area (Å²) in [6, 6.07) is 10.6. The van der Waals surface area contributed by atoms with E-state index in [1.165, 1.54) is 10.5 Å². The highest BCUT2D eigenvalue weighted by Gasteiger charge is 1.99. The van der Waals surface area contributed by atoms with Gasteiger partial charge in [0.05, 0.1) is 0 Å². The van der Waals surface area contributed by atoms with Crippen molar-refractivity contribution in [2.24, 2.45) is 0 Å². The molecule has 66 valence electrons. The summed E-state index contributed by atoms with van der Waals surface area (Å²) in [5.74, 6) is 1.01. The highest BCUT2D eigenvalue weighted by atomic mass is 28.2. The lowest BCUT2D eigenvalue weighted by atomic mass is 10.4. The van der Waals surface area contributed by atoms with Crippen LogP contribution >= 0.6 is 0 Å². The van der Waals surface area contributed by atoms with Gasteiger partial charge >= 0.3 is 0 Å². The molecule has 0 unspecified atom stereocenters. The van der Waals surface area contributed by atoms with Crippen LogP contribution in [0.3, 0.4) is 0 Å². The van der Waals surface area contributed by atoms with Crippen LogP contribution in [-0.4, -0.2) is 19.5 Å². The van der Waals surface area contributed by atoms with Gasteiger partial charge in [0.25, 0.3) is 0 Å². The van der Waals surface area contributed by atoms with Crippen molar-refractivity contribution >= 4 is 20.0 Å². The Morgan fingerprint density at radius 1 is 1.23 bits per heavy atom. The molecule has 0 bridgehead atoms. The Hall–Kier alpha value is -1.35. The van der Waals surface area contributed by atoms with Crippen LogP contribution in [-0.2, 0) is 0 Å². The van der Waals surface area contributed by atoms with Crippen LogP contribution in [0.1, 0.15) is 5.82 Å². The molecule has 0 aliphatic carbocycles. The number of hydrogen-bond donors (Lipinski definition) is 1. The molecule has 0 aliphatic rings. The number of nitrogens with zero attached hydrogens (tertiary/aromatic N) is 1. The predicted molar refractivity (Wildman–Crippen MR) is 57.6 cm³/mol. The van der Waals surface area contributed by atoms with Gasteiger partial charge in [-0.1, -0.05) is 35.5 Å². The van der Waals surface area contributed by atoms with Crippen LogP contribution in [0.4, 0.5) is 0 Å². The fourth-order valence-electron chi connectivity index (χ4n) is 1.36. The highest BCUT2D eigenvalue weighted by Crippen LogP contribution is 1.83. The normalized spacial score (nSPS) is 11.2. The number of hydrogen-bond acceptors (Lipinski definition) is 1. The third-order valence-electron chi connectivity index (χ3n) is 1.99. The van der Waals surface area contributed by atoms with E-state index in [9.17, 15) is 0 Å². The summed E-state index contributed by atoms with van der Waals surface area (Å²) in [5, 5.41) is 2.68. The van der Waals surface area contributed by atoms with Crippen LogP contribution in [0, 0.1) is 6.92 Å². The second-order valence-electron chi connectivity index (χ2n) is 3.14. The van der Waals surface area contributed by atoms with E-state index in [1.807, 2.05) is 19.2 Å². The average Bonchev–Trinajstić information content (AvgIpc) is 2.53. The molecule has 0 atom stereocenters. The number of rotatable bonds is 2. The molecule has 2 rings (SSSR count). The molecule has 0 saturated carbocycles.